The van der Waals surface area contributed by atoms with Gasteiger partial charge in [-0.1, -0.05) is 12.7 Å². The number of hydroxylamine groups is 1. The van der Waals surface area contributed by atoms with Crippen molar-refractivity contribution in [2.45, 2.75) is 13.8 Å². The number of nitrogens with one attached hydrogen (secondary N) is 1. The molecule has 0 aliphatic rings. The molecule has 52 valence electrons. The molecule has 0 aliphatic carbocycles. The molecular weight excluding hydrogens is 114 g/mol. The molecule has 0 unspecified atom stereocenters. The van der Waals surface area contributed by atoms with Crippen molar-refractivity contribution in [2.24, 2.45) is 0 Å². The van der Waals surface area contributed by atoms with Gasteiger partial charge < -0.3 is 0 Å². The van der Waals surface area contributed by atoms with Crippen LogP contribution in [0.3, 0.4) is 0 Å². The molecule has 2 heteroatoms. The first-order chi connectivity index (χ1) is 4.31. The Bertz CT molecular complexity index is 107. The van der Waals surface area contributed by atoms with E-state index < -0.39 is 0 Å². The van der Waals surface area contributed by atoms with Crippen molar-refractivity contribution >= 4 is 0 Å². The van der Waals surface area contributed by atoms with Crippen LogP contribution in [-0.4, -0.2) is 6.61 Å². The molecule has 1 N–H and O–H groups in total. The predicted octanol–water partition coefficient (Wildman–Crippen LogP) is 1.62. The van der Waals surface area contributed by atoms with Crippen LogP contribution in [0.15, 0.2) is 24.4 Å². The Morgan fingerprint density at radius 2 is 2.44 bits per heavy atom. The first-order valence-electron chi connectivity index (χ1n) is 2.98. The number of hydrogen-bond donors (Lipinski definition) is 1. The first kappa shape index (κ1) is 8.24. The van der Waals surface area contributed by atoms with E-state index in [9.17, 15) is 0 Å². The Balaban J connectivity index is 3.36. The van der Waals surface area contributed by atoms with Crippen LogP contribution in [0.4, 0.5) is 0 Å². The van der Waals surface area contributed by atoms with Gasteiger partial charge in [-0.05, 0) is 19.9 Å². The highest BCUT2D eigenvalue weighted by atomic mass is 16.6. The van der Waals surface area contributed by atoms with E-state index in [1.807, 2.05) is 19.9 Å². The summed E-state index contributed by atoms with van der Waals surface area (Å²) < 4.78 is 0. The molecule has 0 heterocycles. The monoisotopic (exact) mass is 127 g/mol. The van der Waals surface area contributed by atoms with Crippen molar-refractivity contribution in [3.8, 4) is 0 Å². The van der Waals surface area contributed by atoms with Gasteiger partial charge in [-0.15, -0.1) is 0 Å². The molecule has 9 heavy (non-hydrogen) atoms. The van der Waals surface area contributed by atoms with E-state index in [0.29, 0.717) is 6.61 Å². The number of hydrogen-bond acceptors (Lipinski definition) is 2. The molecular formula is C7H13NO. The van der Waals surface area contributed by atoms with E-state index in [4.69, 9.17) is 4.84 Å². The summed E-state index contributed by atoms with van der Waals surface area (Å²) >= 11 is 0. The fourth-order valence-corrected chi connectivity index (χ4v) is 0.397. The van der Waals surface area contributed by atoms with Crippen LogP contribution in [0.25, 0.3) is 0 Å². The van der Waals surface area contributed by atoms with Gasteiger partial charge in [0.15, 0.2) is 0 Å². The maximum atomic E-state index is 4.88. The first-order valence-corrected chi connectivity index (χ1v) is 2.98. The summed E-state index contributed by atoms with van der Waals surface area (Å²) in [6.07, 6.45) is 3.55. The maximum Gasteiger partial charge on any atom is 0.0717 e. The van der Waals surface area contributed by atoms with Gasteiger partial charge >= 0.3 is 0 Å². The van der Waals surface area contributed by atoms with Gasteiger partial charge in [-0.2, -0.15) is 0 Å². The Hall–Kier alpha value is -0.760. The zero-order chi connectivity index (χ0) is 7.11. The highest BCUT2D eigenvalue weighted by molar-refractivity contribution is 5.04. The van der Waals surface area contributed by atoms with Crippen LogP contribution in [0.2, 0.25) is 0 Å². The average molecular weight is 127 g/mol. The number of allylic oxidation sites excluding steroid dienone is 3. The second kappa shape index (κ2) is 5.38. The zero-order valence-electron chi connectivity index (χ0n) is 5.98. The smallest absolute Gasteiger partial charge is 0.0717 e. The second-order valence-corrected chi connectivity index (χ2v) is 1.62. The lowest BCUT2D eigenvalue weighted by Gasteiger charge is -2.02. The van der Waals surface area contributed by atoms with Crippen molar-refractivity contribution < 1.29 is 4.84 Å². The average Bonchev–Trinajstić information content (AvgIpc) is 1.85. The highest BCUT2D eigenvalue weighted by Gasteiger charge is 1.80. The van der Waals surface area contributed by atoms with Crippen LogP contribution in [0.5, 0.6) is 0 Å². The van der Waals surface area contributed by atoms with Crippen molar-refractivity contribution in [3.05, 3.63) is 24.4 Å². The minimum Gasteiger partial charge on any atom is -0.277 e. The quantitative estimate of drug-likeness (QED) is 0.457. The SMILES string of the molecule is C=C/C=C(/C)NOCC. The van der Waals surface area contributed by atoms with Crippen LogP contribution in [-0.2, 0) is 4.84 Å². The van der Waals surface area contributed by atoms with Gasteiger partial charge in [0.25, 0.3) is 0 Å². The van der Waals surface area contributed by atoms with Gasteiger partial charge in [0, 0.05) is 5.70 Å². The van der Waals surface area contributed by atoms with Crippen LogP contribution >= 0.6 is 0 Å². The van der Waals surface area contributed by atoms with Gasteiger partial charge in [0.05, 0.1) is 6.61 Å². The van der Waals surface area contributed by atoms with Crippen molar-refractivity contribution in [3.63, 3.8) is 0 Å². The third-order valence-corrected chi connectivity index (χ3v) is 0.745. The molecule has 0 radical (unpaired) electrons. The molecule has 0 saturated heterocycles. The lowest BCUT2D eigenvalue weighted by molar-refractivity contribution is 0.0737. The summed E-state index contributed by atoms with van der Waals surface area (Å²) in [5, 5.41) is 0. The van der Waals surface area contributed by atoms with Crippen molar-refractivity contribution in [1.82, 2.24) is 5.48 Å². The fourth-order valence-electron chi connectivity index (χ4n) is 0.397. The molecule has 0 rings (SSSR count). The topological polar surface area (TPSA) is 21.3 Å². The molecule has 0 aliphatic heterocycles. The van der Waals surface area contributed by atoms with E-state index >= 15 is 0 Å². The standard InChI is InChI=1S/C7H13NO/c1-4-6-7(3)8-9-5-2/h4,6,8H,1,5H2,2-3H3/b7-6-. The number of rotatable bonds is 4. The van der Waals surface area contributed by atoms with E-state index in [2.05, 4.69) is 12.1 Å². The predicted molar refractivity (Wildman–Crippen MR) is 38.7 cm³/mol. The van der Waals surface area contributed by atoms with Gasteiger partial charge in [0.2, 0.25) is 0 Å². The molecule has 2 nitrogen and oxygen atoms in total. The van der Waals surface area contributed by atoms with Crippen LogP contribution in [0, 0.1) is 0 Å². The lowest BCUT2D eigenvalue weighted by atomic mass is 10.4. The molecule has 0 saturated carbocycles. The third kappa shape index (κ3) is 5.11. The second-order valence-electron chi connectivity index (χ2n) is 1.62. The molecule has 0 aromatic heterocycles. The normalized spacial score (nSPS) is 11.1. The molecule has 0 amide bonds. The summed E-state index contributed by atoms with van der Waals surface area (Å²) in [7, 11) is 0. The molecule has 0 fully saturated rings. The minimum absolute atomic E-state index is 0.669. The van der Waals surface area contributed by atoms with Crippen LogP contribution in [0.1, 0.15) is 13.8 Å². The van der Waals surface area contributed by atoms with E-state index in [0.717, 1.165) is 5.70 Å². The van der Waals surface area contributed by atoms with Gasteiger partial charge in [-0.25, -0.2) is 0 Å². The Labute approximate surface area is 56.2 Å². The molecule has 0 spiro atoms. The molecule has 0 aromatic rings. The molecule has 0 bridgehead atoms. The summed E-state index contributed by atoms with van der Waals surface area (Å²) in [6, 6.07) is 0. The summed E-state index contributed by atoms with van der Waals surface area (Å²) in [6.45, 7) is 8.04. The minimum atomic E-state index is 0.669. The highest BCUT2D eigenvalue weighted by Crippen LogP contribution is 1.84. The fraction of sp³-hybridized carbons (Fsp3) is 0.429. The molecule has 0 aromatic carbocycles. The largest absolute Gasteiger partial charge is 0.277 e. The summed E-state index contributed by atoms with van der Waals surface area (Å²) in [4.78, 5) is 4.88. The Morgan fingerprint density at radius 1 is 1.78 bits per heavy atom. The van der Waals surface area contributed by atoms with E-state index in [-0.39, 0.29) is 0 Å². The van der Waals surface area contributed by atoms with Gasteiger partial charge in [-0.3, -0.25) is 10.3 Å². The Morgan fingerprint density at radius 3 is 2.89 bits per heavy atom. The summed E-state index contributed by atoms with van der Waals surface area (Å²) in [5.74, 6) is 0. The third-order valence-electron chi connectivity index (χ3n) is 0.745. The van der Waals surface area contributed by atoms with E-state index in [1.165, 1.54) is 0 Å². The van der Waals surface area contributed by atoms with Crippen molar-refractivity contribution in [2.75, 3.05) is 6.61 Å². The molecule has 0 atom stereocenters. The summed E-state index contributed by atoms with van der Waals surface area (Å²) in [5.41, 5.74) is 3.69. The zero-order valence-corrected chi connectivity index (χ0v) is 5.98. The maximum absolute atomic E-state index is 4.88. The lowest BCUT2D eigenvalue weighted by Crippen LogP contribution is -2.10. The van der Waals surface area contributed by atoms with E-state index in [1.54, 1.807) is 6.08 Å². The van der Waals surface area contributed by atoms with Crippen LogP contribution < -0.4 is 5.48 Å². The van der Waals surface area contributed by atoms with Crippen molar-refractivity contribution in [1.29, 1.82) is 0 Å². The van der Waals surface area contributed by atoms with Gasteiger partial charge in [0.1, 0.15) is 0 Å². The Kier molecular flexibility index (Phi) is 4.92.